The average Bonchev–Trinajstić information content (AvgIpc) is 2.94. The Morgan fingerprint density at radius 3 is 2.57 bits per heavy atom. The van der Waals surface area contributed by atoms with E-state index in [0.717, 1.165) is 21.7 Å². The molecule has 3 aromatic heterocycles. The Kier molecular flexibility index (Phi) is 4.17. The average molecular weight is 329 g/mol. The van der Waals surface area contributed by atoms with Gasteiger partial charge >= 0.3 is 5.69 Å². The van der Waals surface area contributed by atoms with Gasteiger partial charge in [0.1, 0.15) is 4.83 Å². The van der Waals surface area contributed by atoms with Crippen molar-refractivity contribution in [3.63, 3.8) is 0 Å². The number of hydrogen-bond donors (Lipinski definition) is 0. The molecule has 0 spiro atoms. The van der Waals surface area contributed by atoms with Crippen molar-refractivity contribution < 1.29 is 0 Å². The van der Waals surface area contributed by atoms with Crippen molar-refractivity contribution in [1.82, 2.24) is 14.1 Å². The lowest BCUT2D eigenvalue weighted by atomic mass is 10.1. The summed E-state index contributed by atoms with van der Waals surface area (Å²) in [5.41, 5.74) is 0.678. The van der Waals surface area contributed by atoms with Crippen molar-refractivity contribution in [2.75, 3.05) is 0 Å². The molecule has 3 heterocycles. The van der Waals surface area contributed by atoms with Gasteiger partial charge in [-0.3, -0.25) is 18.9 Å². The van der Waals surface area contributed by atoms with Gasteiger partial charge in [-0.25, -0.2) is 4.79 Å². The van der Waals surface area contributed by atoms with E-state index in [1.54, 1.807) is 24.0 Å². The fourth-order valence-corrected chi connectivity index (χ4v) is 3.82. The summed E-state index contributed by atoms with van der Waals surface area (Å²) in [4.78, 5) is 30.7. The molecule has 0 aliphatic heterocycles. The van der Waals surface area contributed by atoms with Crippen molar-refractivity contribution in [2.24, 2.45) is 13.0 Å². The third-order valence-electron chi connectivity index (χ3n) is 3.74. The number of hydrogen-bond acceptors (Lipinski definition) is 4. The van der Waals surface area contributed by atoms with Crippen LogP contribution in [0.1, 0.15) is 24.3 Å². The Hall–Kier alpha value is -2.21. The summed E-state index contributed by atoms with van der Waals surface area (Å²) in [5, 5.41) is 0.627. The topological polar surface area (TPSA) is 56.9 Å². The van der Waals surface area contributed by atoms with Gasteiger partial charge in [0.05, 0.1) is 5.39 Å². The third kappa shape index (κ3) is 2.99. The summed E-state index contributed by atoms with van der Waals surface area (Å²) >= 11 is 1.53. The maximum Gasteiger partial charge on any atom is 0.331 e. The van der Waals surface area contributed by atoms with Gasteiger partial charge in [0.25, 0.3) is 5.56 Å². The van der Waals surface area contributed by atoms with E-state index in [1.165, 1.54) is 15.9 Å². The molecule has 0 aliphatic carbocycles. The summed E-state index contributed by atoms with van der Waals surface area (Å²) in [6.45, 7) is 4.74. The number of aromatic nitrogens is 3. The van der Waals surface area contributed by atoms with Crippen LogP contribution in [-0.4, -0.2) is 14.1 Å². The van der Waals surface area contributed by atoms with Crippen LogP contribution < -0.4 is 11.2 Å². The highest BCUT2D eigenvalue weighted by Crippen LogP contribution is 2.25. The second-order valence-electron chi connectivity index (χ2n) is 6.11. The molecular weight excluding hydrogens is 310 g/mol. The Morgan fingerprint density at radius 1 is 1.22 bits per heavy atom. The molecular formula is C17H19N3O2S. The van der Waals surface area contributed by atoms with Crippen molar-refractivity contribution in [1.29, 1.82) is 0 Å². The van der Waals surface area contributed by atoms with Crippen LogP contribution in [0.25, 0.3) is 10.2 Å². The summed E-state index contributed by atoms with van der Waals surface area (Å²) in [6, 6.07) is 5.84. The summed E-state index contributed by atoms with van der Waals surface area (Å²) in [5.74, 6) is 0.333. The fourth-order valence-electron chi connectivity index (χ4n) is 2.64. The first-order valence-corrected chi connectivity index (χ1v) is 8.40. The minimum Gasteiger partial charge on any atom is -0.284 e. The van der Waals surface area contributed by atoms with Gasteiger partial charge in [0, 0.05) is 37.3 Å². The molecule has 5 nitrogen and oxygen atoms in total. The molecule has 3 aromatic rings. The molecule has 0 saturated carbocycles. The molecule has 0 aliphatic rings. The minimum atomic E-state index is -0.242. The number of rotatable bonds is 4. The zero-order chi connectivity index (χ0) is 16.6. The first kappa shape index (κ1) is 15.7. The van der Waals surface area contributed by atoms with Crippen LogP contribution in [0.3, 0.4) is 0 Å². The Bertz CT molecular complexity index is 952. The van der Waals surface area contributed by atoms with Crippen LogP contribution in [0.15, 0.2) is 40.2 Å². The highest BCUT2D eigenvalue weighted by atomic mass is 32.1. The number of pyridine rings is 1. The standard InChI is InChI=1S/C17H19N3O2S/c1-11(2)10-20-16-14(15(21)19(3)17(20)22)9-13(23-16)8-12-4-6-18-7-5-12/h4-7,9,11H,8,10H2,1-3H3. The lowest BCUT2D eigenvalue weighted by Crippen LogP contribution is -2.38. The van der Waals surface area contributed by atoms with Crippen LogP contribution in [0.2, 0.25) is 0 Å². The molecule has 3 rings (SSSR count). The Morgan fingerprint density at radius 2 is 1.91 bits per heavy atom. The largest absolute Gasteiger partial charge is 0.331 e. The first-order valence-electron chi connectivity index (χ1n) is 7.58. The van der Waals surface area contributed by atoms with E-state index in [4.69, 9.17) is 0 Å². The van der Waals surface area contributed by atoms with Crippen LogP contribution in [0.4, 0.5) is 0 Å². The van der Waals surface area contributed by atoms with E-state index in [9.17, 15) is 9.59 Å². The molecule has 0 saturated heterocycles. The van der Waals surface area contributed by atoms with E-state index in [2.05, 4.69) is 18.8 Å². The summed E-state index contributed by atoms with van der Waals surface area (Å²) in [6.07, 6.45) is 4.26. The van der Waals surface area contributed by atoms with Gasteiger partial charge in [0.2, 0.25) is 0 Å². The summed E-state index contributed by atoms with van der Waals surface area (Å²) in [7, 11) is 1.54. The van der Waals surface area contributed by atoms with Gasteiger partial charge in [-0.2, -0.15) is 0 Å². The highest BCUT2D eigenvalue weighted by molar-refractivity contribution is 7.18. The normalized spacial score (nSPS) is 11.5. The molecule has 0 bridgehead atoms. The minimum absolute atomic E-state index is 0.220. The van der Waals surface area contributed by atoms with Gasteiger partial charge in [-0.1, -0.05) is 13.8 Å². The van der Waals surface area contributed by atoms with Gasteiger partial charge < -0.3 is 0 Å². The van der Waals surface area contributed by atoms with E-state index in [-0.39, 0.29) is 11.2 Å². The molecule has 6 heteroatoms. The molecule has 0 atom stereocenters. The molecule has 120 valence electrons. The SMILES string of the molecule is CC(C)Cn1c(=O)n(C)c(=O)c2cc(Cc3ccncc3)sc21. The van der Waals surface area contributed by atoms with Crippen molar-refractivity contribution in [3.8, 4) is 0 Å². The predicted molar refractivity (Wildman–Crippen MR) is 93.2 cm³/mol. The van der Waals surface area contributed by atoms with Crippen LogP contribution in [-0.2, 0) is 20.0 Å². The zero-order valence-corrected chi connectivity index (χ0v) is 14.3. The summed E-state index contributed by atoms with van der Waals surface area (Å²) < 4.78 is 2.93. The van der Waals surface area contributed by atoms with E-state index in [0.29, 0.717) is 17.8 Å². The predicted octanol–water partition coefficient (Wildman–Crippen LogP) is 2.40. The number of thiophene rings is 1. The van der Waals surface area contributed by atoms with Gasteiger partial charge in [0.15, 0.2) is 0 Å². The lowest BCUT2D eigenvalue weighted by molar-refractivity contribution is 0.504. The van der Waals surface area contributed by atoms with Crippen LogP contribution >= 0.6 is 11.3 Å². The molecule has 0 aromatic carbocycles. The van der Waals surface area contributed by atoms with Crippen LogP contribution in [0, 0.1) is 5.92 Å². The molecule has 0 radical (unpaired) electrons. The van der Waals surface area contributed by atoms with Crippen LogP contribution in [0.5, 0.6) is 0 Å². The molecule has 0 unspecified atom stereocenters. The third-order valence-corrected chi connectivity index (χ3v) is 4.89. The van der Waals surface area contributed by atoms with Crippen molar-refractivity contribution in [2.45, 2.75) is 26.8 Å². The molecule has 0 N–H and O–H groups in total. The monoisotopic (exact) mass is 329 g/mol. The Balaban J connectivity index is 2.16. The lowest BCUT2D eigenvalue weighted by Gasteiger charge is -2.11. The second-order valence-corrected chi connectivity index (χ2v) is 7.23. The number of fused-ring (bicyclic) bond motifs is 1. The van der Waals surface area contributed by atoms with Crippen molar-refractivity contribution >= 4 is 21.6 Å². The Labute approximate surface area is 137 Å². The highest BCUT2D eigenvalue weighted by Gasteiger charge is 2.15. The van der Waals surface area contributed by atoms with Gasteiger partial charge in [-0.15, -0.1) is 11.3 Å². The molecule has 23 heavy (non-hydrogen) atoms. The number of nitrogens with zero attached hydrogens (tertiary/aromatic N) is 3. The van der Waals surface area contributed by atoms with E-state index < -0.39 is 0 Å². The van der Waals surface area contributed by atoms with E-state index >= 15 is 0 Å². The quantitative estimate of drug-likeness (QED) is 0.738. The zero-order valence-electron chi connectivity index (χ0n) is 13.4. The second kappa shape index (κ2) is 6.12. The fraction of sp³-hybridized carbons (Fsp3) is 0.353. The first-order chi connectivity index (χ1) is 11.0. The maximum absolute atomic E-state index is 12.4. The maximum atomic E-state index is 12.4. The van der Waals surface area contributed by atoms with Gasteiger partial charge in [-0.05, 0) is 29.7 Å². The van der Waals surface area contributed by atoms with Crippen molar-refractivity contribution in [3.05, 3.63) is 61.9 Å². The van der Waals surface area contributed by atoms with E-state index in [1.807, 2.05) is 18.2 Å². The smallest absolute Gasteiger partial charge is 0.284 e. The molecule has 0 amide bonds. The molecule has 0 fully saturated rings.